The fraction of sp³-hybridized carbons (Fsp3) is 0.263. The van der Waals surface area contributed by atoms with Crippen LogP contribution in [0.1, 0.15) is 18.5 Å². The lowest BCUT2D eigenvalue weighted by atomic mass is 10.1. The monoisotopic (exact) mass is 354 g/mol. The van der Waals surface area contributed by atoms with E-state index in [0.717, 1.165) is 5.56 Å². The molecule has 1 aliphatic rings. The van der Waals surface area contributed by atoms with Crippen molar-refractivity contribution < 1.29 is 18.7 Å². The Balaban J connectivity index is 1.56. The highest BCUT2D eigenvalue weighted by Crippen LogP contribution is 2.32. The number of carbonyl (C=O) groups excluding carboxylic acids is 1. The van der Waals surface area contributed by atoms with Crippen LogP contribution in [-0.2, 0) is 11.3 Å². The number of likely N-dealkylation sites (N-methyl/N-ethyl adjacent to an activating group) is 1. The first kappa shape index (κ1) is 16.3. The van der Waals surface area contributed by atoms with Gasteiger partial charge in [-0.3, -0.25) is 9.36 Å². The predicted molar refractivity (Wildman–Crippen MR) is 94.2 cm³/mol. The zero-order chi connectivity index (χ0) is 18.3. The predicted octanol–water partition coefficient (Wildman–Crippen LogP) is 2.54. The van der Waals surface area contributed by atoms with Gasteiger partial charge in [-0.05, 0) is 36.8 Å². The van der Waals surface area contributed by atoms with E-state index in [4.69, 9.17) is 13.9 Å². The standard InChI is InChI=1S/C19H18N2O5/c1-12(21-14-5-3-4-6-15(14)26-19(21)23)18(22)20(2)10-13-7-8-16-17(9-13)25-11-24-16/h3-9,12H,10-11H2,1-2H3/t12-/m0/s1. The fourth-order valence-electron chi connectivity index (χ4n) is 3.17. The van der Waals surface area contributed by atoms with E-state index in [2.05, 4.69) is 0 Å². The Morgan fingerprint density at radius 2 is 1.96 bits per heavy atom. The van der Waals surface area contributed by atoms with Crippen molar-refractivity contribution >= 4 is 17.0 Å². The molecule has 134 valence electrons. The van der Waals surface area contributed by atoms with Gasteiger partial charge in [-0.2, -0.15) is 0 Å². The van der Waals surface area contributed by atoms with Gasteiger partial charge in [0.1, 0.15) is 6.04 Å². The molecule has 0 radical (unpaired) electrons. The van der Waals surface area contributed by atoms with Crippen LogP contribution in [0.5, 0.6) is 11.5 Å². The normalized spacial score (nSPS) is 13.8. The lowest BCUT2D eigenvalue weighted by Crippen LogP contribution is -2.35. The maximum Gasteiger partial charge on any atom is 0.420 e. The third-order valence-corrected chi connectivity index (χ3v) is 4.50. The van der Waals surface area contributed by atoms with Gasteiger partial charge in [-0.15, -0.1) is 0 Å². The lowest BCUT2D eigenvalue weighted by Gasteiger charge is -2.22. The van der Waals surface area contributed by atoms with E-state index in [0.29, 0.717) is 29.1 Å². The van der Waals surface area contributed by atoms with E-state index in [1.54, 1.807) is 43.1 Å². The van der Waals surface area contributed by atoms with E-state index >= 15 is 0 Å². The maximum absolute atomic E-state index is 12.8. The zero-order valence-corrected chi connectivity index (χ0v) is 14.5. The van der Waals surface area contributed by atoms with Gasteiger partial charge in [0.2, 0.25) is 12.7 Å². The van der Waals surface area contributed by atoms with Crippen molar-refractivity contribution in [2.75, 3.05) is 13.8 Å². The van der Waals surface area contributed by atoms with Gasteiger partial charge in [-0.25, -0.2) is 4.79 Å². The third kappa shape index (κ3) is 2.71. The first-order valence-corrected chi connectivity index (χ1v) is 8.28. The van der Waals surface area contributed by atoms with Gasteiger partial charge in [0, 0.05) is 13.6 Å². The van der Waals surface area contributed by atoms with E-state index in [1.165, 1.54) is 4.57 Å². The lowest BCUT2D eigenvalue weighted by molar-refractivity contribution is -0.133. The Morgan fingerprint density at radius 1 is 1.19 bits per heavy atom. The van der Waals surface area contributed by atoms with Crippen LogP contribution in [0.25, 0.3) is 11.1 Å². The van der Waals surface area contributed by atoms with E-state index in [-0.39, 0.29) is 12.7 Å². The molecule has 0 unspecified atom stereocenters. The summed E-state index contributed by atoms with van der Waals surface area (Å²) in [5.41, 5.74) is 1.99. The minimum absolute atomic E-state index is 0.184. The van der Waals surface area contributed by atoms with Gasteiger partial charge in [0.05, 0.1) is 5.52 Å². The summed E-state index contributed by atoms with van der Waals surface area (Å²) in [4.78, 5) is 26.6. The number of oxazole rings is 1. The van der Waals surface area contributed by atoms with Crippen molar-refractivity contribution in [2.45, 2.75) is 19.5 Å². The molecule has 1 atom stereocenters. The number of amides is 1. The number of fused-ring (bicyclic) bond motifs is 2. The highest BCUT2D eigenvalue weighted by molar-refractivity contribution is 5.82. The van der Waals surface area contributed by atoms with Crippen LogP contribution < -0.4 is 15.2 Å². The Kier molecular flexibility index (Phi) is 3.91. The van der Waals surface area contributed by atoms with Gasteiger partial charge in [-0.1, -0.05) is 18.2 Å². The largest absolute Gasteiger partial charge is 0.454 e. The van der Waals surface area contributed by atoms with Crippen LogP contribution in [0.15, 0.2) is 51.7 Å². The molecule has 0 fully saturated rings. The number of aromatic nitrogens is 1. The summed E-state index contributed by atoms with van der Waals surface area (Å²) in [6, 6.07) is 12.0. The zero-order valence-electron chi connectivity index (χ0n) is 14.5. The van der Waals surface area contributed by atoms with Crippen LogP contribution in [0.3, 0.4) is 0 Å². The molecule has 1 aliphatic heterocycles. The van der Waals surface area contributed by atoms with Crippen molar-refractivity contribution in [1.82, 2.24) is 9.47 Å². The minimum atomic E-state index is -0.676. The SMILES string of the molecule is C[C@@H](C(=O)N(C)Cc1ccc2c(c1)OCO2)n1c(=O)oc2ccccc21. The number of hydrogen-bond donors (Lipinski definition) is 0. The summed E-state index contributed by atoms with van der Waals surface area (Å²) < 4.78 is 17.3. The van der Waals surface area contributed by atoms with Crippen molar-refractivity contribution in [2.24, 2.45) is 0 Å². The molecule has 0 bridgehead atoms. The maximum atomic E-state index is 12.8. The second kappa shape index (κ2) is 6.25. The van der Waals surface area contributed by atoms with Crippen LogP contribution in [-0.4, -0.2) is 29.2 Å². The molecule has 7 heteroatoms. The Labute approximate surface area is 149 Å². The summed E-state index contributed by atoms with van der Waals surface area (Å²) in [7, 11) is 1.71. The first-order valence-electron chi connectivity index (χ1n) is 8.28. The molecule has 4 rings (SSSR count). The van der Waals surface area contributed by atoms with Crippen molar-refractivity contribution in [3.05, 3.63) is 58.6 Å². The second-order valence-corrected chi connectivity index (χ2v) is 6.26. The van der Waals surface area contributed by atoms with Crippen LogP contribution >= 0.6 is 0 Å². The number of ether oxygens (including phenoxy) is 2. The summed E-state index contributed by atoms with van der Waals surface area (Å²) in [5.74, 6) is 0.654. The molecule has 2 heterocycles. The molecule has 7 nitrogen and oxygen atoms in total. The molecule has 0 saturated heterocycles. The quantitative estimate of drug-likeness (QED) is 0.720. The van der Waals surface area contributed by atoms with Crippen molar-refractivity contribution in [3.63, 3.8) is 0 Å². The molecule has 0 spiro atoms. The number of para-hydroxylation sites is 2. The molecular weight excluding hydrogens is 336 g/mol. The highest BCUT2D eigenvalue weighted by Gasteiger charge is 2.24. The molecule has 1 amide bonds. The Hall–Kier alpha value is -3.22. The Bertz CT molecular complexity index is 1040. The molecule has 3 aromatic rings. The van der Waals surface area contributed by atoms with E-state index in [1.807, 2.05) is 18.2 Å². The van der Waals surface area contributed by atoms with E-state index in [9.17, 15) is 9.59 Å². The molecule has 0 saturated carbocycles. The van der Waals surface area contributed by atoms with E-state index < -0.39 is 11.8 Å². The second-order valence-electron chi connectivity index (χ2n) is 6.26. The van der Waals surface area contributed by atoms with Crippen LogP contribution in [0.2, 0.25) is 0 Å². The minimum Gasteiger partial charge on any atom is -0.454 e. The van der Waals surface area contributed by atoms with Gasteiger partial charge < -0.3 is 18.8 Å². The van der Waals surface area contributed by atoms with Crippen molar-refractivity contribution in [1.29, 1.82) is 0 Å². The van der Waals surface area contributed by atoms with Gasteiger partial charge >= 0.3 is 5.76 Å². The summed E-state index contributed by atoms with van der Waals surface area (Å²) >= 11 is 0. The third-order valence-electron chi connectivity index (χ3n) is 4.50. The number of rotatable bonds is 4. The number of hydrogen-bond acceptors (Lipinski definition) is 5. The smallest absolute Gasteiger partial charge is 0.420 e. The Morgan fingerprint density at radius 3 is 2.81 bits per heavy atom. The molecule has 26 heavy (non-hydrogen) atoms. The molecule has 0 N–H and O–H groups in total. The molecule has 1 aromatic heterocycles. The molecular formula is C19H18N2O5. The first-order chi connectivity index (χ1) is 12.5. The summed E-state index contributed by atoms with van der Waals surface area (Å²) in [6.07, 6.45) is 0. The molecule has 2 aromatic carbocycles. The topological polar surface area (TPSA) is 73.9 Å². The molecule has 0 aliphatic carbocycles. The number of nitrogens with zero attached hydrogens (tertiary/aromatic N) is 2. The van der Waals surface area contributed by atoms with Crippen LogP contribution in [0, 0.1) is 0 Å². The number of carbonyl (C=O) groups is 1. The van der Waals surface area contributed by atoms with Crippen LogP contribution in [0.4, 0.5) is 0 Å². The number of benzene rings is 2. The fourth-order valence-corrected chi connectivity index (χ4v) is 3.17. The summed E-state index contributed by atoms with van der Waals surface area (Å²) in [5, 5.41) is 0. The summed E-state index contributed by atoms with van der Waals surface area (Å²) in [6.45, 7) is 2.30. The van der Waals surface area contributed by atoms with Crippen molar-refractivity contribution in [3.8, 4) is 11.5 Å². The highest BCUT2D eigenvalue weighted by atomic mass is 16.7. The van der Waals surface area contributed by atoms with Gasteiger partial charge in [0.25, 0.3) is 0 Å². The average Bonchev–Trinajstić information content (AvgIpc) is 3.23. The van der Waals surface area contributed by atoms with Gasteiger partial charge in [0.15, 0.2) is 17.1 Å². The average molecular weight is 354 g/mol.